The van der Waals surface area contributed by atoms with E-state index in [1.807, 2.05) is 0 Å². The van der Waals surface area contributed by atoms with Gasteiger partial charge in [-0.05, 0) is 36.4 Å². The first-order valence-electron chi connectivity index (χ1n) is 9.15. The number of fused-ring (bicyclic) bond motifs is 2. The van der Waals surface area contributed by atoms with E-state index >= 15 is 0 Å². The van der Waals surface area contributed by atoms with Crippen LogP contribution in [0.2, 0.25) is 0 Å². The molecule has 0 aromatic heterocycles. The van der Waals surface area contributed by atoms with Crippen LogP contribution in [0.4, 0.5) is 30.7 Å². The van der Waals surface area contributed by atoms with Gasteiger partial charge in [0.2, 0.25) is 0 Å². The second-order valence-corrected chi connectivity index (χ2v) is 8.24. The number of benzene rings is 4. The first kappa shape index (κ1) is 31.6. The van der Waals surface area contributed by atoms with Gasteiger partial charge >= 0.3 is 36.9 Å². The van der Waals surface area contributed by atoms with Crippen LogP contribution in [0, 0.1) is 23.3 Å². The number of aliphatic carboxylic acids is 1. The quantitative estimate of drug-likeness (QED) is 0.113. The zero-order valence-electron chi connectivity index (χ0n) is 17.5. The van der Waals surface area contributed by atoms with Gasteiger partial charge in [-0.2, -0.15) is 13.2 Å². The molecule has 0 aliphatic carbocycles. The van der Waals surface area contributed by atoms with Crippen molar-refractivity contribution in [1.29, 1.82) is 0 Å². The zero-order chi connectivity index (χ0) is 27.6. The fourth-order valence-corrected chi connectivity index (χ4v) is 3.60. The second kappa shape index (κ2) is 14.3. The Kier molecular flexibility index (Phi) is 12.6. The summed E-state index contributed by atoms with van der Waals surface area (Å²) in [5.74, 6) is -4.39. The third kappa shape index (κ3) is 8.89. The zero-order valence-corrected chi connectivity index (χ0v) is 21.6. The molecule has 1 radical (unpaired) electrons. The summed E-state index contributed by atoms with van der Waals surface area (Å²) in [6, 6.07) is 14.4. The summed E-state index contributed by atoms with van der Waals surface area (Å²) in [4.78, 5) is 8.90. The molecule has 189 valence electrons. The molecule has 1 N–H and O–H groups in total. The monoisotopic (exact) mass is 656 g/mol. The molecule has 4 rings (SSSR count). The third-order valence-corrected chi connectivity index (χ3v) is 5.34. The summed E-state index contributed by atoms with van der Waals surface area (Å²) < 4.78 is 88.3. The van der Waals surface area contributed by atoms with Gasteiger partial charge in [0.15, 0.2) is 0 Å². The molecule has 0 unspecified atom stereocenters. The number of carboxylic acid groups (broad SMARTS) is 1. The number of halogens is 9. The predicted octanol–water partition coefficient (Wildman–Crippen LogP) is 8.58. The molecule has 0 aliphatic rings. The van der Waals surface area contributed by atoms with Gasteiger partial charge in [0.1, 0.15) is 23.3 Å². The maximum atomic E-state index is 13.4. The molecule has 0 spiro atoms. The van der Waals surface area contributed by atoms with Crippen LogP contribution in [0.5, 0.6) is 0 Å². The first-order chi connectivity index (χ1) is 16.8. The molecule has 14 heteroatoms. The number of rotatable bonds is 0. The molecule has 0 heterocycles. The van der Waals surface area contributed by atoms with Gasteiger partial charge in [-0.25, -0.2) is 22.4 Å². The van der Waals surface area contributed by atoms with Gasteiger partial charge in [-0.3, -0.25) is 0 Å². The summed E-state index contributed by atoms with van der Waals surface area (Å²) in [5.41, 5.74) is 0. The van der Waals surface area contributed by atoms with Gasteiger partial charge in [0, 0.05) is 30.5 Å². The molecular weight excluding hydrogens is 646 g/mol. The Hall–Kier alpha value is -2.45. The van der Waals surface area contributed by atoms with Crippen molar-refractivity contribution in [3.05, 3.63) is 92.9 Å². The summed E-state index contributed by atoms with van der Waals surface area (Å²) in [6.07, 6.45) is -5.08. The molecule has 0 amide bonds. The van der Waals surface area contributed by atoms with Crippen LogP contribution in [0.25, 0.3) is 21.5 Å². The third-order valence-electron chi connectivity index (χ3n) is 4.02. The SMILES string of the molecule is Fc1ccc(Br)c2c(F)ccc(Br)c12.Fc1cccc2c(F)cccc12.O=C(O)C(F)(F)F.[B]=NS. The normalized spacial score (nSPS) is 10.2. The predicted molar refractivity (Wildman–Crippen MR) is 134 cm³/mol. The second-order valence-electron chi connectivity index (χ2n) is 6.30. The Morgan fingerprint density at radius 3 is 1.33 bits per heavy atom. The van der Waals surface area contributed by atoms with E-state index in [-0.39, 0.29) is 22.4 Å². The Morgan fingerprint density at radius 2 is 1.06 bits per heavy atom. The van der Waals surface area contributed by atoms with Crippen molar-refractivity contribution in [2.24, 2.45) is 4.30 Å². The minimum atomic E-state index is -5.08. The molecule has 0 fully saturated rings. The Labute approximate surface area is 223 Å². The Balaban J connectivity index is 0.000000268. The molecule has 0 saturated heterocycles. The molecule has 0 bridgehead atoms. The van der Waals surface area contributed by atoms with E-state index in [9.17, 15) is 30.7 Å². The number of nitrogens with zero attached hydrogens (tertiary/aromatic N) is 1. The molecule has 0 atom stereocenters. The molecule has 4 aromatic carbocycles. The maximum absolute atomic E-state index is 13.4. The van der Waals surface area contributed by atoms with Crippen molar-refractivity contribution < 1.29 is 40.6 Å². The van der Waals surface area contributed by atoms with Crippen LogP contribution in [0.3, 0.4) is 0 Å². The summed E-state index contributed by atoms with van der Waals surface area (Å²) >= 11 is 9.57. The number of carboxylic acids is 1. The molecular formula is C22H12BBr2F7NO2S. The number of carbonyl (C=O) groups is 1. The average Bonchev–Trinajstić information content (AvgIpc) is 2.80. The summed E-state index contributed by atoms with van der Waals surface area (Å²) in [5, 5.41) is 8.31. The van der Waals surface area contributed by atoms with Crippen molar-refractivity contribution in [3.63, 3.8) is 0 Å². The van der Waals surface area contributed by atoms with Crippen molar-refractivity contribution in [1.82, 2.24) is 0 Å². The van der Waals surface area contributed by atoms with Crippen LogP contribution in [-0.4, -0.2) is 24.9 Å². The molecule has 36 heavy (non-hydrogen) atoms. The fourth-order valence-electron chi connectivity index (χ4n) is 2.57. The fraction of sp³-hybridized carbons (Fsp3) is 0.0455. The first-order valence-corrected chi connectivity index (χ1v) is 11.1. The van der Waals surface area contributed by atoms with Crippen LogP contribution in [0.1, 0.15) is 0 Å². The van der Waals surface area contributed by atoms with E-state index in [1.165, 1.54) is 48.5 Å². The van der Waals surface area contributed by atoms with Crippen molar-refractivity contribution in [2.45, 2.75) is 6.18 Å². The van der Waals surface area contributed by atoms with Gasteiger partial charge in [-0.1, -0.05) is 56.1 Å². The van der Waals surface area contributed by atoms with E-state index in [2.05, 4.69) is 56.6 Å². The van der Waals surface area contributed by atoms with Crippen LogP contribution in [-0.2, 0) is 4.79 Å². The number of hydrogen-bond donors (Lipinski definition) is 2. The van der Waals surface area contributed by atoms with Crippen molar-refractivity contribution >= 4 is 79.8 Å². The minimum absolute atomic E-state index is 0.263. The van der Waals surface area contributed by atoms with Gasteiger partial charge < -0.3 is 5.11 Å². The summed E-state index contributed by atoms with van der Waals surface area (Å²) in [6.45, 7) is 0. The standard InChI is InChI=1S/C10H4Br2F2.C10H6F2.C2HF3O2.BHNS/c11-5-1-3-7(13)10-6(12)2-4-8(14)9(5)10;11-9-5-1-3-7-8(9)4-2-6-10(7)12;3-2(4,5)1(6)7;1-2-3/h1-4H;1-6H;(H,6,7);3H. The number of alkyl halides is 3. The van der Waals surface area contributed by atoms with Crippen molar-refractivity contribution in [2.75, 3.05) is 0 Å². The Morgan fingerprint density at radius 1 is 0.750 bits per heavy atom. The molecule has 3 nitrogen and oxygen atoms in total. The van der Waals surface area contributed by atoms with E-state index < -0.39 is 23.8 Å². The van der Waals surface area contributed by atoms with Crippen LogP contribution in [0.15, 0.2) is 73.9 Å². The van der Waals surface area contributed by atoms with Crippen molar-refractivity contribution in [3.8, 4) is 0 Å². The van der Waals surface area contributed by atoms with E-state index in [0.717, 1.165) is 0 Å². The number of thiol groups is 1. The number of hydrogen-bond acceptors (Lipinski definition) is 3. The van der Waals surface area contributed by atoms with Crippen LogP contribution >= 0.6 is 44.7 Å². The van der Waals surface area contributed by atoms with E-state index in [4.69, 9.17) is 9.90 Å². The van der Waals surface area contributed by atoms with E-state index in [1.54, 1.807) is 12.1 Å². The topological polar surface area (TPSA) is 49.7 Å². The molecule has 0 aliphatic heterocycles. The summed E-state index contributed by atoms with van der Waals surface area (Å²) in [7, 11) is 4.34. The average molecular weight is 658 g/mol. The van der Waals surface area contributed by atoms with Crippen LogP contribution < -0.4 is 0 Å². The van der Waals surface area contributed by atoms with E-state index in [0.29, 0.717) is 19.7 Å². The molecule has 0 saturated carbocycles. The Bertz CT molecular complexity index is 1240. The van der Waals surface area contributed by atoms with Gasteiger partial charge in [0.05, 0.1) is 0 Å². The molecule has 4 aromatic rings. The van der Waals surface area contributed by atoms with Gasteiger partial charge in [0.25, 0.3) is 0 Å². The van der Waals surface area contributed by atoms with Gasteiger partial charge in [-0.15, -0.1) is 0 Å².